The number of aromatic nitrogens is 2. The molecule has 1 saturated heterocycles. The SMILES string of the molecule is O[C@@H]1CCCN(Cc2cn3ccccc3n2)C1. The highest BCUT2D eigenvalue weighted by molar-refractivity contribution is 5.39. The fourth-order valence-electron chi connectivity index (χ4n) is 2.47. The highest BCUT2D eigenvalue weighted by Crippen LogP contribution is 2.13. The van der Waals surface area contributed by atoms with Gasteiger partial charge in [-0.25, -0.2) is 4.98 Å². The molecular weight excluding hydrogens is 214 g/mol. The number of β-amino-alcohol motifs (C(OH)–C–C–N with tert-alkyl or cyclic N) is 1. The minimum Gasteiger partial charge on any atom is -0.392 e. The number of piperidine rings is 1. The van der Waals surface area contributed by atoms with E-state index in [2.05, 4.69) is 16.1 Å². The fraction of sp³-hybridized carbons (Fsp3) is 0.462. The van der Waals surface area contributed by atoms with E-state index in [1.165, 1.54) is 0 Å². The Bertz CT molecular complexity index is 475. The third-order valence-corrected chi connectivity index (χ3v) is 3.28. The maximum atomic E-state index is 9.63. The average molecular weight is 231 g/mol. The number of fused-ring (bicyclic) bond motifs is 1. The van der Waals surface area contributed by atoms with Crippen LogP contribution in [0.2, 0.25) is 0 Å². The summed E-state index contributed by atoms with van der Waals surface area (Å²) in [5.74, 6) is 0. The summed E-state index contributed by atoms with van der Waals surface area (Å²) in [6.45, 7) is 2.66. The number of hydrogen-bond acceptors (Lipinski definition) is 3. The van der Waals surface area contributed by atoms with Gasteiger partial charge in [0.1, 0.15) is 5.65 Å². The van der Waals surface area contributed by atoms with E-state index in [9.17, 15) is 5.11 Å². The molecule has 0 aromatic carbocycles. The highest BCUT2D eigenvalue weighted by atomic mass is 16.3. The summed E-state index contributed by atoms with van der Waals surface area (Å²) in [6, 6.07) is 6.01. The number of pyridine rings is 1. The Labute approximate surface area is 101 Å². The average Bonchev–Trinajstić information content (AvgIpc) is 2.71. The molecule has 4 nitrogen and oxygen atoms in total. The van der Waals surface area contributed by atoms with Gasteiger partial charge >= 0.3 is 0 Å². The van der Waals surface area contributed by atoms with Gasteiger partial charge in [-0.05, 0) is 31.5 Å². The van der Waals surface area contributed by atoms with Gasteiger partial charge in [0.2, 0.25) is 0 Å². The third kappa shape index (κ3) is 2.33. The van der Waals surface area contributed by atoms with E-state index in [0.717, 1.165) is 43.8 Å². The second kappa shape index (κ2) is 4.47. The molecule has 1 atom stereocenters. The van der Waals surface area contributed by atoms with Crippen LogP contribution in [0.15, 0.2) is 30.6 Å². The number of hydrogen-bond donors (Lipinski definition) is 1. The van der Waals surface area contributed by atoms with Gasteiger partial charge in [0, 0.05) is 25.5 Å². The minimum atomic E-state index is -0.166. The molecule has 2 aromatic rings. The standard InChI is InChI=1S/C13H17N3O/c17-12-4-3-6-15(10-12)8-11-9-16-7-2-1-5-13(16)14-11/h1-2,5,7,9,12,17H,3-4,6,8,10H2/t12-/m1/s1. The van der Waals surface area contributed by atoms with Crippen molar-refractivity contribution in [2.75, 3.05) is 13.1 Å². The number of nitrogens with zero attached hydrogens (tertiary/aromatic N) is 3. The number of aliphatic hydroxyl groups is 1. The molecule has 90 valence electrons. The van der Waals surface area contributed by atoms with Gasteiger partial charge in [0.05, 0.1) is 11.8 Å². The molecule has 0 unspecified atom stereocenters. The summed E-state index contributed by atoms with van der Waals surface area (Å²) in [6.07, 6.45) is 5.92. The zero-order valence-corrected chi connectivity index (χ0v) is 9.79. The fourth-order valence-corrected chi connectivity index (χ4v) is 2.47. The molecular formula is C13H17N3O. The van der Waals surface area contributed by atoms with E-state index < -0.39 is 0 Å². The van der Waals surface area contributed by atoms with E-state index >= 15 is 0 Å². The Hall–Kier alpha value is -1.39. The number of likely N-dealkylation sites (tertiary alicyclic amines) is 1. The van der Waals surface area contributed by atoms with Crippen LogP contribution in [-0.4, -0.2) is 38.6 Å². The Morgan fingerprint density at radius 1 is 1.41 bits per heavy atom. The topological polar surface area (TPSA) is 40.8 Å². The molecule has 1 aliphatic heterocycles. The van der Waals surface area contributed by atoms with Crippen molar-refractivity contribution in [2.45, 2.75) is 25.5 Å². The second-order valence-electron chi connectivity index (χ2n) is 4.73. The number of aliphatic hydroxyl groups excluding tert-OH is 1. The molecule has 17 heavy (non-hydrogen) atoms. The molecule has 3 rings (SSSR count). The Morgan fingerprint density at radius 2 is 2.35 bits per heavy atom. The van der Waals surface area contributed by atoms with Crippen LogP contribution in [0.25, 0.3) is 5.65 Å². The molecule has 0 amide bonds. The first-order valence-corrected chi connectivity index (χ1v) is 6.14. The van der Waals surface area contributed by atoms with E-state index in [-0.39, 0.29) is 6.10 Å². The van der Waals surface area contributed by atoms with Crippen molar-refractivity contribution in [3.8, 4) is 0 Å². The minimum absolute atomic E-state index is 0.166. The number of imidazole rings is 1. The van der Waals surface area contributed by atoms with Crippen LogP contribution in [0.4, 0.5) is 0 Å². The van der Waals surface area contributed by atoms with Gasteiger partial charge in [-0.3, -0.25) is 4.90 Å². The molecule has 1 N–H and O–H groups in total. The zero-order valence-electron chi connectivity index (χ0n) is 9.79. The van der Waals surface area contributed by atoms with E-state index in [1.807, 2.05) is 28.8 Å². The van der Waals surface area contributed by atoms with Gasteiger partial charge in [-0.2, -0.15) is 0 Å². The number of rotatable bonds is 2. The zero-order chi connectivity index (χ0) is 11.7. The van der Waals surface area contributed by atoms with Crippen LogP contribution < -0.4 is 0 Å². The van der Waals surface area contributed by atoms with Gasteiger partial charge in [-0.15, -0.1) is 0 Å². The molecule has 2 aromatic heterocycles. The van der Waals surface area contributed by atoms with Crippen molar-refractivity contribution >= 4 is 5.65 Å². The van der Waals surface area contributed by atoms with Crippen LogP contribution in [0.3, 0.4) is 0 Å². The van der Waals surface area contributed by atoms with Gasteiger partial charge in [-0.1, -0.05) is 6.07 Å². The van der Waals surface area contributed by atoms with Crippen molar-refractivity contribution in [2.24, 2.45) is 0 Å². The molecule has 0 aliphatic carbocycles. The molecule has 0 saturated carbocycles. The maximum Gasteiger partial charge on any atom is 0.137 e. The Morgan fingerprint density at radius 3 is 3.18 bits per heavy atom. The van der Waals surface area contributed by atoms with Crippen LogP contribution >= 0.6 is 0 Å². The predicted molar refractivity (Wildman–Crippen MR) is 65.7 cm³/mol. The summed E-state index contributed by atoms with van der Waals surface area (Å²) < 4.78 is 2.04. The predicted octanol–water partition coefficient (Wildman–Crippen LogP) is 1.29. The molecule has 4 heteroatoms. The lowest BCUT2D eigenvalue weighted by atomic mass is 10.1. The molecule has 1 aliphatic rings. The van der Waals surface area contributed by atoms with E-state index in [0.29, 0.717) is 0 Å². The van der Waals surface area contributed by atoms with Crippen LogP contribution in [0, 0.1) is 0 Å². The van der Waals surface area contributed by atoms with Crippen LogP contribution in [-0.2, 0) is 6.54 Å². The summed E-state index contributed by atoms with van der Waals surface area (Å²) in [7, 11) is 0. The molecule has 1 fully saturated rings. The Kier molecular flexibility index (Phi) is 2.82. The van der Waals surface area contributed by atoms with Gasteiger partial charge in [0.15, 0.2) is 0 Å². The first-order chi connectivity index (χ1) is 8.31. The quantitative estimate of drug-likeness (QED) is 0.846. The van der Waals surface area contributed by atoms with Gasteiger partial charge in [0.25, 0.3) is 0 Å². The van der Waals surface area contributed by atoms with Crippen LogP contribution in [0.1, 0.15) is 18.5 Å². The lowest BCUT2D eigenvalue weighted by molar-refractivity contribution is 0.0663. The largest absolute Gasteiger partial charge is 0.392 e. The van der Waals surface area contributed by atoms with Gasteiger partial charge < -0.3 is 9.51 Å². The van der Waals surface area contributed by atoms with E-state index in [1.54, 1.807) is 0 Å². The highest BCUT2D eigenvalue weighted by Gasteiger charge is 2.18. The van der Waals surface area contributed by atoms with Crippen molar-refractivity contribution < 1.29 is 5.11 Å². The molecule has 3 heterocycles. The summed E-state index contributed by atoms with van der Waals surface area (Å²) in [5, 5.41) is 9.63. The first kappa shape index (κ1) is 10.7. The smallest absolute Gasteiger partial charge is 0.137 e. The van der Waals surface area contributed by atoms with Crippen molar-refractivity contribution in [1.82, 2.24) is 14.3 Å². The van der Waals surface area contributed by atoms with Crippen molar-refractivity contribution in [3.05, 3.63) is 36.3 Å². The van der Waals surface area contributed by atoms with Crippen molar-refractivity contribution in [3.63, 3.8) is 0 Å². The summed E-state index contributed by atoms with van der Waals surface area (Å²) >= 11 is 0. The first-order valence-electron chi connectivity index (χ1n) is 6.14. The molecule has 0 bridgehead atoms. The second-order valence-corrected chi connectivity index (χ2v) is 4.73. The van der Waals surface area contributed by atoms with Crippen LogP contribution in [0.5, 0.6) is 0 Å². The third-order valence-electron chi connectivity index (χ3n) is 3.28. The van der Waals surface area contributed by atoms with Crippen molar-refractivity contribution in [1.29, 1.82) is 0 Å². The summed E-state index contributed by atoms with van der Waals surface area (Å²) in [4.78, 5) is 6.85. The normalized spacial score (nSPS) is 22.1. The summed E-state index contributed by atoms with van der Waals surface area (Å²) in [5.41, 5.74) is 2.06. The lowest BCUT2D eigenvalue weighted by Crippen LogP contribution is -2.37. The lowest BCUT2D eigenvalue weighted by Gasteiger charge is -2.29. The maximum absolute atomic E-state index is 9.63. The monoisotopic (exact) mass is 231 g/mol. The van der Waals surface area contributed by atoms with E-state index in [4.69, 9.17) is 0 Å². The Balaban J connectivity index is 1.75. The molecule has 0 spiro atoms. The molecule has 0 radical (unpaired) electrons.